The van der Waals surface area contributed by atoms with Gasteiger partial charge in [-0.3, -0.25) is 4.79 Å². The van der Waals surface area contributed by atoms with Crippen LogP contribution >= 0.6 is 0 Å². The van der Waals surface area contributed by atoms with E-state index in [0.29, 0.717) is 0 Å². The molecular weight excluding hydrogens is 140 g/mol. The lowest BCUT2D eigenvalue weighted by molar-refractivity contribution is -0.121. The van der Waals surface area contributed by atoms with E-state index < -0.39 is 0 Å². The summed E-state index contributed by atoms with van der Waals surface area (Å²) in [7, 11) is 0. The van der Waals surface area contributed by atoms with Gasteiger partial charge in [0, 0.05) is 12.5 Å². The van der Waals surface area contributed by atoms with Crippen molar-refractivity contribution in [1.29, 1.82) is 0 Å². The fourth-order valence-electron chi connectivity index (χ4n) is 1.44. The quantitative estimate of drug-likeness (QED) is 0.634. The zero-order chi connectivity index (χ0) is 8.27. The molecule has 3 heteroatoms. The zero-order valence-electron chi connectivity index (χ0n) is 7.05. The summed E-state index contributed by atoms with van der Waals surface area (Å²) in [4.78, 5) is 13.0. The van der Waals surface area contributed by atoms with E-state index in [1.54, 1.807) is 0 Å². The number of likely N-dealkylation sites (tertiary alicyclic amines) is 1. The number of carbonyl (C=O) groups is 1. The number of hydrogen-bond donors (Lipinski definition) is 1. The SMILES string of the molecule is CC(CN1CCCC1)C(N)=O. The van der Waals surface area contributed by atoms with Gasteiger partial charge in [0.25, 0.3) is 0 Å². The first-order valence-electron chi connectivity index (χ1n) is 4.22. The van der Waals surface area contributed by atoms with Gasteiger partial charge in [-0.1, -0.05) is 6.92 Å². The summed E-state index contributed by atoms with van der Waals surface area (Å²) in [6.07, 6.45) is 2.54. The van der Waals surface area contributed by atoms with Gasteiger partial charge >= 0.3 is 0 Å². The van der Waals surface area contributed by atoms with Crippen molar-refractivity contribution in [3.05, 3.63) is 0 Å². The molecule has 1 atom stereocenters. The molecule has 64 valence electrons. The van der Waals surface area contributed by atoms with Gasteiger partial charge in [0.15, 0.2) is 0 Å². The average Bonchev–Trinajstić information content (AvgIpc) is 2.39. The van der Waals surface area contributed by atoms with Crippen LogP contribution in [0.1, 0.15) is 19.8 Å². The molecule has 3 nitrogen and oxygen atoms in total. The van der Waals surface area contributed by atoms with Crippen molar-refractivity contribution in [2.45, 2.75) is 19.8 Å². The summed E-state index contributed by atoms with van der Waals surface area (Å²) in [6.45, 7) is 5.01. The predicted octanol–water partition coefficient (Wildman–Crippen LogP) is 0.204. The normalized spacial score (nSPS) is 21.9. The van der Waals surface area contributed by atoms with E-state index >= 15 is 0 Å². The second-order valence-electron chi connectivity index (χ2n) is 3.31. The van der Waals surface area contributed by atoms with Crippen LogP contribution in [0.25, 0.3) is 0 Å². The molecule has 1 aliphatic rings. The molecule has 0 saturated carbocycles. The van der Waals surface area contributed by atoms with Gasteiger partial charge in [0.1, 0.15) is 0 Å². The monoisotopic (exact) mass is 156 g/mol. The van der Waals surface area contributed by atoms with E-state index in [9.17, 15) is 4.79 Å². The van der Waals surface area contributed by atoms with Crippen molar-refractivity contribution in [2.24, 2.45) is 11.7 Å². The van der Waals surface area contributed by atoms with Crippen molar-refractivity contribution in [3.63, 3.8) is 0 Å². The first-order valence-corrected chi connectivity index (χ1v) is 4.22. The van der Waals surface area contributed by atoms with Crippen molar-refractivity contribution >= 4 is 5.91 Å². The molecule has 0 radical (unpaired) electrons. The van der Waals surface area contributed by atoms with Gasteiger partial charge in [0.2, 0.25) is 5.91 Å². The first-order chi connectivity index (χ1) is 5.20. The lowest BCUT2D eigenvalue weighted by Crippen LogP contribution is -2.32. The van der Waals surface area contributed by atoms with Crippen molar-refractivity contribution in [1.82, 2.24) is 4.90 Å². The van der Waals surface area contributed by atoms with E-state index in [1.165, 1.54) is 12.8 Å². The molecule has 1 heterocycles. The second kappa shape index (κ2) is 3.72. The predicted molar refractivity (Wildman–Crippen MR) is 44.0 cm³/mol. The van der Waals surface area contributed by atoms with E-state index in [4.69, 9.17) is 5.73 Å². The molecule has 1 saturated heterocycles. The molecule has 0 bridgehead atoms. The van der Waals surface area contributed by atoms with E-state index in [-0.39, 0.29) is 11.8 Å². The Morgan fingerprint density at radius 1 is 1.55 bits per heavy atom. The average molecular weight is 156 g/mol. The van der Waals surface area contributed by atoms with Crippen LogP contribution in [0.4, 0.5) is 0 Å². The molecule has 0 spiro atoms. The smallest absolute Gasteiger partial charge is 0.221 e. The molecule has 0 aliphatic carbocycles. The Morgan fingerprint density at radius 3 is 2.55 bits per heavy atom. The van der Waals surface area contributed by atoms with Crippen molar-refractivity contribution in [3.8, 4) is 0 Å². The molecule has 11 heavy (non-hydrogen) atoms. The number of hydrogen-bond acceptors (Lipinski definition) is 2. The fourth-order valence-corrected chi connectivity index (χ4v) is 1.44. The number of carbonyl (C=O) groups excluding carboxylic acids is 1. The van der Waals surface area contributed by atoms with Crippen molar-refractivity contribution < 1.29 is 4.79 Å². The molecule has 1 aliphatic heterocycles. The second-order valence-corrected chi connectivity index (χ2v) is 3.31. The van der Waals surface area contributed by atoms with Crippen LogP contribution in [0, 0.1) is 5.92 Å². The standard InChI is InChI=1S/C8H16N2O/c1-7(8(9)11)6-10-4-2-3-5-10/h7H,2-6H2,1H3,(H2,9,11). The van der Waals surface area contributed by atoms with Gasteiger partial charge < -0.3 is 10.6 Å². The van der Waals surface area contributed by atoms with Crippen LogP contribution in [0.2, 0.25) is 0 Å². The highest BCUT2D eigenvalue weighted by atomic mass is 16.1. The maximum atomic E-state index is 10.7. The first kappa shape index (κ1) is 8.53. The molecule has 0 aromatic heterocycles. The number of rotatable bonds is 3. The Bertz CT molecular complexity index is 141. The summed E-state index contributed by atoms with van der Waals surface area (Å²) >= 11 is 0. The van der Waals surface area contributed by atoms with E-state index in [1.807, 2.05) is 6.92 Å². The highest BCUT2D eigenvalue weighted by Gasteiger charge is 2.16. The van der Waals surface area contributed by atoms with Crippen LogP contribution in [0.5, 0.6) is 0 Å². The zero-order valence-corrected chi connectivity index (χ0v) is 7.05. The topological polar surface area (TPSA) is 46.3 Å². The Hall–Kier alpha value is -0.570. The molecule has 1 fully saturated rings. The largest absolute Gasteiger partial charge is 0.369 e. The number of nitrogens with zero attached hydrogens (tertiary/aromatic N) is 1. The van der Waals surface area contributed by atoms with Crippen LogP contribution in [0.3, 0.4) is 0 Å². The number of primary amides is 1. The molecule has 0 aromatic rings. The minimum Gasteiger partial charge on any atom is -0.369 e. The highest BCUT2D eigenvalue weighted by molar-refractivity contribution is 5.76. The number of amides is 1. The van der Waals surface area contributed by atoms with Gasteiger partial charge in [-0.15, -0.1) is 0 Å². The Morgan fingerprint density at radius 2 is 2.09 bits per heavy atom. The van der Waals surface area contributed by atoms with Gasteiger partial charge in [0.05, 0.1) is 0 Å². The van der Waals surface area contributed by atoms with Crippen LogP contribution in [0.15, 0.2) is 0 Å². The Balaban J connectivity index is 2.23. The molecule has 2 N–H and O–H groups in total. The lowest BCUT2D eigenvalue weighted by atomic mass is 10.1. The van der Waals surface area contributed by atoms with E-state index in [0.717, 1.165) is 19.6 Å². The van der Waals surface area contributed by atoms with Crippen LogP contribution < -0.4 is 5.73 Å². The molecule has 1 amide bonds. The highest BCUT2D eigenvalue weighted by Crippen LogP contribution is 2.09. The van der Waals surface area contributed by atoms with Gasteiger partial charge in [-0.2, -0.15) is 0 Å². The Labute approximate surface area is 67.5 Å². The third-order valence-corrected chi connectivity index (χ3v) is 2.22. The van der Waals surface area contributed by atoms with Gasteiger partial charge in [-0.05, 0) is 25.9 Å². The number of nitrogens with two attached hydrogens (primary N) is 1. The molecule has 0 aromatic carbocycles. The van der Waals surface area contributed by atoms with Crippen LogP contribution in [-0.4, -0.2) is 30.4 Å². The minimum absolute atomic E-state index is 0.00750. The summed E-state index contributed by atoms with van der Waals surface area (Å²) < 4.78 is 0. The summed E-state index contributed by atoms with van der Waals surface area (Å²) in [5.41, 5.74) is 5.15. The van der Waals surface area contributed by atoms with Crippen LogP contribution in [-0.2, 0) is 4.79 Å². The van der Waals surface area contributed by atoms with E-state index in [2.05, 4.69) is 4.90 Å². The maximum absolute atomic E-state index is 10.7. The summed E-state index contributed by atoms with van der Waals surface area (Å²) in [5.74, 6) is -0.176. The molecule has 1 unspecified atom stereocenters. The van der Waals surface area contributed by atoms with Crippen molar-refractivity contribution in [2.75, 3.05) is 19.6 Å². The fraction of sp³-hybridized carbons (Fsp3) is 0.875. The molecular formula is C8H16N2O. The van der Waals surface area contributed by atoms with Gasteiger partial charge in [-0.25, -0.2) is 0 Å². The minimum atomic E-state index is -0.183. The molecule has 1 rings (SSSR count). The lowest BCUT2D eigenvalue weighted by Gasteiger charge is -2.17. The summed E-state index contributed by atoms with van der Waals surface area (Å²) in [5, 5.41) is 0. The maximum Gasteiger partial charge on any atom is 0.221 e. The Kier molecular flexibility index (Phi) is 2.88. The summed E-state index contributed by atoms with van der Waals surface area (Å²) in [6, 6.07) is 0. The third-order valence-electron chi connectivity index (χ3n) is 2.22. The third kappa shape index (κ3) is 2.50.